The van der Waals surface area contributed by atoms with Gasteiger partial charge >= 0.3 is 0 Å². The van der Waals surface area contributed by atoms with Crippen molar-refractivity contribution < 1.29 is 9.53 Å². The van der Waals surface area contributed by atoms with E-state index in [1.54, 1.807) is 7.11 Å². The summed E-state index contributed by atoms with van der Waals surface area (Å²) < 4.78 is 5.66. The first-order chi connectivity index (χ1) is 10.1. The molecule has 0 N–H and O–H groups in total. The first-order valence-corrected chi connectivity index (χ1v) is 7.45. The summed E-state index contributed by atoms with van der Waals surface area (Å²) in [5, 5.41) is 18.3. The Labute approximate surface area is 125 Å². The molecule has 1 aliphatic carbocycles. The number of rotatable bonds is 4. The molecule has 21 heavy (non-hydrogen) atoms. The van der Waals surface area contributed by atoms with Gasteiger partial charge in [0.25, 0.3) is 0 Å². The molecule has 2 rings (SSSR count). The van der Waals surface area contributed by atoms with Gasteiger partial charge in [-0.25, -0.2) is 0 Å². The third-order valence-corrected chi connectivity index (χ3v) is 4.80. The Bertz CT molecular complexity index is 451. The Balaban J connectivity index is 2.06. The topological polar surface area (TPSA) is 80.4 Å². The normalized spacial score (nSPS) is 27.6. The van der Waals surface area contributed by atoms with Crippen molar-refractivity contribution in [1.29, 1.82) is 10.5 Å². The third kappa shape index (κ3) is 2.88. The number of methoxy groups -OCH3 is 1. The van der Waals surface area contributed by atoms with Gasteiger partial charge in [-0.05, 0) is 45.6 Å². The number of ether oxygens (including phenoxy) is 1. The van der Waals surface area contributed by atoms with Crippen molar-refractivity contribution in [3.8, 4) is 12.1 Å². The van der Waals surface area contributed by atoms with Crippen LogP contribution in [0.4, 0.5) is 0 Å². The van der Waals surface area contributed by atoms with Crippen LogP contribution >= 0.6 is 0 Å². The highest BCUT2D eigenvalue weighted by Crippen LogP contribution is 2.35. The average molecular weight is 290 g/mol. The number of amides is 1. The molecule has 0 bridgehead atoms. The summed E-state index contributed by atoms with van der Waals surface area (Å²) in [4.78, 5) is 15.9. The van der Waals surface area contributed by atoms with Gasteiger partial charge in [0.05, 0.1) is 18.7 Å². The van der Waals surface area contributed by atoms with Crippen LogP contribution in [0.3, 0.4) is 0 Å². The van der Waals surface area contributed by atoms with Crippen LogP contribution in [0.25, 0.3) is 0 Å². The number of carbonyl (C=O) groups excluding carboxylic acids is 1. The molecule has 0 aromatic heterocycles. The molecular weight excluding hydrogens is 268 g/mol. The maximum absolute atomic E-state index is 12.5. The smallest absolute Gasteiger partial charge is 0.238 e. The van der Waals surface area contributed by atoms with Crippen molar-refractivity contribution in [2.24, 2.45) is 0 Å². The van der Waals surface area contributed by atoms with Gasteiger partial charge in [0.2, 0.25) is 5.91 Å². The van der Waals surface area contributed by atoms with Gasteiger partial charge in [-0.1, -0.05) is 0 Å². The number of likely N-dealkylation sites (tertiary alicyclic amines) is 1. The van der Waals surface area contributed by atoms with Crippen LogP contribution in [0.15, 0.2) is 0 Å². The van der Waals surface area contributed by atoms with E-state index in [0.29, 0.717) is 12.8 Å². The van der Waals surface area contributed by atoms with E-state index in [9.17, 15) is 4.79 Å². The highest BCUT2D eigenvalue weighted by molar-refractivity contribution is 5.80. The monoisotopic (exact) mass is 290 g/mol. The fraction of sp³-hybridized carbons (Fsp3) is 0.800. The lowest BCUT2D eigenvalue weighted by Crippen LogP contribution is -2.52. The van der Waals surface area contributed by atoms with Crippen molar-refractivity contribution >= 4 is 5.91 Å². The van der Waals surface area contributed by atoms with Crippen LogP contribution in [-0.4, -0.2) is 54.2 Å². The lowest BCUT2D eigenvalue weighted by Gasteiger charge is -2.38. The van der Waals surface area contributed by atoms with E-state index in [1.807, 2.05) is 11.9 Å². The van der Waals surface area contributed by atoms with Crippen molar-refractivity contribution in [3.63, 3.8) is 0 Å². The summed E-state index contributed by atoms with van der Waals surface area (Å²) in [5.74, 6) is -0.156. The minimum atomic E-state index is -0.474. The molecule has 2 fully saturated rings. The van der Waals surface area contributed by atoms with Crippen LogP contribution in [0.5, 0.6) is 0 Å². The van der Waals surface area contributed by atoms with Crippen molar-refractivity contribution in [3.05, 3.63) is 0 Å². The fourth-order valence-electron chi connectivity index (χ4n) is 3.51. The van der Waals surface area contributed by atoms with Crippen molar-refractivity contribution in [2.75, 3.05) is 20.7 Å². The van der Waals surface area contributed by atoms with E-state index < -0.39 is 12.1 Å². The third-order valence-electron chi connectivity index (χ3n) is 4.80. The van der Waals surface area contributed by atoms with Crippen LogP contribution in [0.1, 0.15) is 38.5 Å². The standard InChI is InChI=1S/C15H22N4O2/c1-18(15(21-2)7-3-4-8-15)11-14(20)19-12(9-16)5-6-13(19)10-17/h12-13H,3-8,11H2,1-2H3/t12-,13+. The molecule has 1 amide bonds. The van der Waals surface area contributed by atoms with Gasteiger partial charge in [-0.15, -0.1) is 0 Å². The number of carbonyl (C=O) groups is 1. The predicted molar refractivity (Wildman–Crippen MR) is 75.7 cm³/mol. The average Bonchev–Trinajstić information content (AvgIpc) is 3.13. The number of hydrogen-bond acceptors (Lipinski definition) is 5. The van der Waals surface area contributed by atoms with Crippen molar-refractivity contribution in [1.82, 2.24) is 9.80 Å². The van der Waals surface area contributed by atoms with Crippen LogP contribution in [0, 0.1) is 22.7 Å². The second-order valence-electron chi connectivity index (χ2n) is 5.88. The zero-order valence-electron chi connectivity index (χ0n) is 12.7. The quantitative estimate of drug-likeness (QED) is 0.728. The Kier molecular flexibility index (Phi) is 4.82. The predicted octanol–water partition coefficient (Wildman–Crippen LogP) is 1.24. The van der Waals surface area contributed by atoms with Crippen molar-refractivity contribution in [2.45, 2.75) is 56.3 Å². The maximum Gasteiger partial charge on any atom is 0.238 e. The second-order valence-corrected chi connectivity index (χ2v) is 5.88. The molecule has 2 atom stereocenters. The lowest BCUT2D eigenvalue weighted by molar-refractivity contribution is -0.149. The highest BCUT2D eigenvalue weighted by Gasteiger charge is 2.42. The molecule has 6 nitrogen and oxygen atoms in total. The number of hydrogen-bond donors (Lipinski definition) is 0. The van der Waals surface area contributed by atoms with Gasteiger partial charge in [-0.2, -0.15) is 10.5 Å². The van der Waals surface area contributed by atoms with E-state index in [0.717, 1.165) is 25.7 Å². The number of nitriles is 2. The van der Waals surface area contributed by atoms with Gasteiger partial charge in [0.15, 0.2) is 0 Å². The molecule has 0 radical (unpaired) electrons. The van der Waals surface area contributed by atoms with E-state index in [1.165, 1.54) is 4.90 Å². The van der Waals surface area contributed by atoms with Gasteiger partial charge in [-0.3, -0.25) is 9.69 Å². The molecule has 6 heteroatoms. The molecule has 1 aliphatic heterocycles. The number of nitrogens with zero attached hydrogens (tertiary/aromatic N) is 4. The highest BCUT2D eigenvalue weighted by atomic mass is 16.5. The van der Waals surface area contributed by atoms with E-state index in [-0.39, 0.29) is 18.2 Å². The lowest BCUT2D eigenvalue weighted by atomic mass is 10.1. The molecule has 2 aliphatic rings. The van der Waals surface area contributed by atoms with Crippen LogP contribution < -0.4 is 0 Å². The van der Waals surface area contributed by atoms with E-state index in [2.05, 4.69) is 12.1 Å². The second kappa shape index (κ2) is 6.43. The molecule has 1 saturated carbocycles. The Morgan fingerprint density at radius 2 is 1.81 bits per heavy atom. The number of likely N-dealkylation sites (N-methyl/N-ethyl adjacent to an activating group) is 1. The Morgan fingerprint density at radius 1 is 1.29 bits per heavy atom. The molecule has 0 aromatic carbocycles. The minimum Gasteiger partial charge on any atom is -0.364 e. The first kappa shape index (κ1) is 15.8. The maximum atomic E-state index is 12.5. The molecule has 0 spiro atoms. The van der Waals surface area contributed by atoms with E-state index >= 15 is 0 Å². The molecule has 0 aromatic rings. The Hall–Kier alpha value is -1.63. The summed E-state index contributed by atoms with van der Waals surface area (Å²) >= 11 is 0. The molecule has 1 saturated heterocycles. The Morgan fingerprint density at radius 3 is 2.24 bits per heavy atom. The molecule has 1 heterocycles. The van der Waals surface area contributed by atoms with Crippen LogP contribution in [-0.2, 0) is 9.53 Å². The fourth-order valence-corrected chi connectivity index (χ4v) is 3.51. The molecular formula is C15H22N4O2. The zero-order chi connectivity index (χ0) is 15.5. The first-order valence-electron chi connectivity index (χ1n) is 7.45. The summed E-state index contributed by atoms with van der Waals surface area (Å²) in [6.45, 7) is 0.185. The summed E-state index contributed by atoms with van der Waals surface area (Å²) in [7, 11) is 3.56. The summed E-state index contributed by atoms with van der Waals surface area (Å²) in [6.07, 6.45) is 5.18. The van der Waals surface area contributed by atoms with Gasteiger partial charge in [0, 0.05) is 7.11 Å². The van der Waals surface area contributed by atoms with Crippen LogP contribution in [0.2, 0.25) is 0 Å². The van der Waals surface area contributed by atoms with Gasteiger partial charge < -0.3 is 9.64 Å². The minimum absolute atomic E-state index is 0.156. The van der Waals surface area contributed by atoms with E-state index in [4.69, 9.17) is 15.3 Å². The SMILES string of the molecule is COC1(N(C)CC(=O)N2[C@H](C#N)CC[C@@H]2C#N)CCCC1. The molecule has 114 valence electrons. The summed E-state index contributed by atoms with van der Waals surface area (Å²) in [5.41, 5.74) is -0.375. The molecule has 0 unspecified atom stereocenters. The zero-order valence-corrected chi connectivity index (χ0v) is 12.7. The largest absolute Gasteiger partial charge is 0.364 e. The van der Waals surface area contributed by atoms with Gasteiger partial charge in [0.1, 0.15) is 17.8 Å². The summed E-state index contributed by atoms with van der Waals surface area (Å²) in [6, 6.07) is 3.31.